The Morgan fingerprint density at radius 3 is 2.50 bits per heavy atom. The molecule has 5 rings (SSSR count). The first-order chi connectivity index (χ1) is 19.2. The van der Waals surface area contributed by atoms with Gasteiger partial charge in [0.2, 0.25) is 0 Å². The van der Waals surface area contributed by atoms with E-state index in [0.717, 1.165) is 38.9 Å². The Morgan fingerprint density at radius 2 is 1.82 bits per heavy atom. The van der Waals surface area contributed by atoms with Gasteiger partial charge in [0.25, 0.3) is 0 Å². The summed E-state index contributed by atoms with van der Waals surface area (Å²) < 4.78 is 42.9. The van der Waals surface area contributed by atoms with E-state index < -0.39 is 21.4 Å². The summed E-state index contributed by atoms with van der Waals surface area (Å²) in [6, 6.07) is 11.5. The molecule has 0 bridgehead atoms. The monoisotopic (exact) mass is 566 g/mol. The van der Waals surface area contributed by atoms with Gasteiger partial charge in [0.05, 0.1) is 16.2 Å². The van der Waals surface area contributed by atoms with Gasteiger partial charge in [0, 0.05) is 29.2 Å². The number of hydrogen-bond acceptors (Lipinski definition) is 7. The molecule has 40 heavy (non-hydrogen) atoms. The maximum absolute atomic E-state index is 14.8. The molecule has 3 aromatic carbocycles. The summed E-state index contributed by atoms with van der Waals surface area (Å²) >= 11 is 0. The maximum Gasteiger partial charge on any atom is 0.195 e. The third-order valence-corrected chi connectivity index (χ3v) is 9.95. The smallest absolute Gasteiger partial charge is 0.195 e. The zero-order valence-corrected chi connectivity index (χ0v) is 23.4. The Balaban J connectivity index is 1.76. The predicted molar refractivity (Wildman–Crippen MR) is 152 cm³/mol. The van der Waals surface area contributed by atoms with Gasteiger partial charge in [-0.1, -0.05) is 24.3 Å². The molecule has 0 amide bonds. The van der Waals surface area contributed by atoms with Crippen molar-refractivity contribution in [3.8, 4) is 22.6 Å². The number of carbonyl (C=O) groups is 1. The van der Waals surface area contributed by atoms with Crippen LogP contribution in [0, 0.1) is 18.7 Å². The van der Waals surface area contributed by atoms with Crippen molar-refractivity contribution in [3.05, 3.63) is 76.6 Å². The summed E-state index contributed by atoms with van der Waals surface area (Å²) in [5, 5.41) is 28.4. The summed E-state index contributed by atoms with van der Waals surface area (Å²) in [7, 11) is -3.99. The van der Waals surface area contributed by atoms with E-state index in [1.54, 1.807) is 13.0 Å². The first kappa shape index (κ1) is 28.3. The molecule has 0 aliphatic carbocycles. The molecular formula is C31H35FN2O5S. The molecule has 4 N–H and O–H groups in total. The number of phenolic OH excluding ortho intramolecular Hbond substituents is 2. The lowest BCUT2D eigenvalue weighted by molar-refractivity contribution is 0.103. The molecule has 0 spiro atoms. The van der Waals surface area contributed by atoms with Crippen LogP contribution in [0.5, 0.6) is 11.5 Å². The van der Waals surface area contributed by atoms with Crippen LogP contribution < -0.4 is 10.6 Å². The van der Waals surface area contributed by atoms with Crippen LogP contribution in [0.3, 0.4) is 0 Å². The molecule has 2 aliphatic heterocycles. The highest BCUT2D eigenvalue weighted by Gasteiger charge is 2.34. The van der Waals surface area contributed by atoms with E-state index in [-0.39, 0.29) is 55.9 Å². The van der Waals surface area contributed by atoms with Crippen molar-refractivity contribution in [1.82, 2.24) is 10.6 Å². The number of aromatic hydroxyl groups is 2. The van der Waals surface area contributed by atoms with Gasteiger partial charge in [-0.15, -0.1) is 0 Å². The zero-order valence-electron chi connectivity index (χ0n) is 22.5. The summed E-state index contributed by atoms with van der Waals surface area (Å²) in [6.45, 7) is 4.64. The molecule has 2 fully saturated rings. The van der Waals surface area contributed by atoms with E-state index >= 15 is 0 Å². The fourth-order valence-corrected chi connectivity index (χ4v) is 7.30. The van der Waals surface area contributed by atoms with E-state index in [1.165, 1.54) is 42.5 Å². The van der Waals surface area contributed by atoms with Crippen molar-refractivity contribution in [2.24, 2.45) is 5.92 Å². The summed E-state index contributed by atoms with van der Waals surface area (Å²) in [6.07, 6.45) is 2.76. The molecule has 0 radical (unpaired) electrons. The van der Waals surface area contributed by atoms with E-state index in [0.29, 0.717) is 24.4 Å². The summed E-state index contributed by atoms with van der Waals surface area (Å²) in [5.74, 6) is -1.47. The Kier molecular flexibility index (Phi) is 8.26. The predicted octanol–water partition coefficient (Wildman–Crippen LogP) is 4.68. The van der Waals surface area contributed by atoms with Crippen LogP contribution in [0.25, 0.3) is 11.1 Å². The van der Waals surface area contributed by atoms with Crippen molar-refractivity contribution in [1.29, 1.82) is 0 Å². The number of hydrogen-bond donors (Lipinski definition) is 4. The van der Waals surface area contributed by atoms with Crippen LogP contribution in [-0.2, 0) is 9.84 Å². The second kappa shape index (κ2) is 11.7. The molecule has 7 nitrogen and oxygen atoms in total. The Bertz CT molecular complexity index is 1530. The third-order valence-electron chi connectivity index (χ3n) is 8.13. The number of nitrogens with one attached hydrogen (secondary N) is 2. The first-order valence-electron chi connectivity index (χ1n) is 13.8. The Hall–Kier alpha value is -3.27. The maximum atomic E-state index is 14.8. The number of sulfone groups is 1. The van der Waals surface area contributed by atoms with Crippen molar-refractivity contribution in [2.75, 3.05) is 31.9 Å². The quantitative estimate of drug-likeness (QED) is 0.278. The van der Waals surface area contributed by atoms with Crippen LogP contribution in [0.2, 0.25) is 0 Å². The molecule has 0 unspecified atom stereocenters. The number of benzene rings is 3. The molecule has 9 heteroatoms. The Labute approximate surface area is 234 Å². The molecule has 3 aromatic rings. The highest BCUT2D eigenvalue weighted by Crippen LogP contribution is 2.45. The van der Waals surface area contributed by atoms with Crippen molar-refractivity contribution in [2.45, 2.75) is 43.4 Å². The number of carbonyl (C=O) groups excluding carboxylic acids is 1. The molecular weight excluding hydrogens is 531 g/mol. The van der Waals surface area contributed by atoms with Crippen molar-refractivity contribution < 1.29 is 27.8 Å². The van der Waals surface area contributed by atoms with Gasteiger partial charge in [-0.2, -0.15) is 0 Å². The van der Waals surface area contributed by atoms with E-state index in [9.17, 15) is 27.8 Å². The van der Waals surface area contributed by atoms with Gasteiger partial charge < -0.3 is 20.8 Å². The van der Waals surface area contributed by atoms with Gasteiger partial charge in [-0.3, -0.25) is 4.79 Å². The van der Waals surface area contributed by atoms with Crippen LogP contribution in [0.4, 0.5) is 4.39 Å². The largest absolute Gasteiger partial charge is 0.508 e. The highest BCUT2D eigenvalue weighted by atomic mass is 32.2. The molecule has 212 valence electrons. The van der Waals surface area contributed by atoms with Gasteiger partial charge in [-0.25, -0.2) is 12.8 Å². The number of halogens is 1. The van der Waals surface area contributed by atoms with E-state index in [2.05, 4.69) is 10.6 Å². The standard InChI is InChI=1S/C31H35FN2O5S/c1-19-24(10-3-11-26(19)32)28-29(30(36)21-7-2-9-23(35)14-21)27(40(38,39)13-5-6-20-16-34-17-20)15-25(31(28)37)22-8-4-12-33-18-22/h2-3,7,9-11,14-15,20,22,33-35,37H,4-6,8,12-13,16-18H2,1H3/t22-/m1/s1. The summed E-state index contributed by atoms with van der Waals surface area (Å²) in [4.78, 5) is 14.0. The number of phenols is 2. The van der Waals surface area contributed by atoms with Crippen LogP contribution in [0.15, 0.2) is 53.4 Å². The zero-order chi connectivity index (χ0) is 28.4. The fourth-order valence-electron chi connectivity index (χ4n) is 5.72. The minimum Gasteiger partial charge on any atom is -0.508 e. The number of ketones is 1. The van der Waals surface area contributed by atoms with Crippen molar-refractivity contribution in [3.63, 3.8) is 0 Å². The highest BCUT2D eigenvalue weighted by molar-refractivity contribution is 7.91. The van der Waals surface area contributed by atoms with Crippen molar-refractivity contribution >= 4 is 15.6 Å². The average Bonchev–Trinajstić information content (AvgIpc) is 2.91. The lowest BCUT2D eigenvalue weighted by atomic mass is 9.84. The molecule has 2 saturated heterocycles. The summed E-state index contributed by atoms with van der Waals surface area (Å²) in [5.41, 5.74) is 0.759. The molecule has 0 aromatic heterocycles. The van der Waals surface area contributed by atoms with Gasteiger partial charge in [-0.05, 0) is 93.6 Å². The SMILES string of the molecule is Cc1c(F)cccc1-c1c(O)c([C@@H]2CCCNC2)cc(S(=O)(=O)CCCC2CNC2)c1C(=O)c1cccc(O)c1. The molecule has 2 aliphatic rings. The second-order valence-electron chi connectivity index (χ2n) is 10.9. The fraction of sp³-hybridized carbons (Fsp3) is 0.387. The topological polar surface area (TPSA) is 116 Å². The Morgan fingerprint density at radius 1 is 1.05 bits per heavy atom. The van der Waals surface area contributed by atoms with Gasteiger partial charge in [0.1, 0.15) is 17.3 Å². The lowest BCUT2D eigenvalue weighted by Crippen LogP contribution is -2.41. The number of piperidine rings is 1. The van der Waals surface area contributed by atoms with E-state index in [4.69, 9.17) is 0 Å². The van der Waals surface area contributed by atoms with Crippen LogP contribution in [-0.4, -0.2) is 56.3 Å². The van der Waals surface area contributed by atoms with Gasteiger partial charge in [0.15, 0.2) is 15.6 Å². The molecule has 2 heterocycles. The minimum absolute atomic E-state index is 0.00943. The van der Waals surface area contributed by atoms with E-state index in [1.807, 2.05) is 0 Å². The second-order valence-corrected chi connectivity index (χ2v) is 13.0. The third kappa shape index (κ3) is 5.64. The molecule has 1 atom stereocenters. The number of rotatable bonds is 9. The average molecular weight is 567 g/mol. The van der Waals surface area contributed by atoms with Crippen LogP contribution in [0.1, 0.15) is 58.6 Å². The minimum atomic E-state index is -3.99. The van der Waals surface area contributed by atoms with Gasteiger partial charge >= 0.3 is 0 Å². The van der Waals surface area contributed by atoms with Crippen LogP contribution >= 0.6 is 0 Å². The molecule has 0 saturated carbocycles. The first-order valence-corrected chi connectivity index (χ1v) is 15.5. The normalized spacial score (nSPS) is 17.9. The lowest BCUT2D eigenvalue weighted by Gasteiger charge is -2.28.